The quantitative estimate of drug-likeness (QED) is 0.315. The van der Waals surface area contributed by atoms with Crippen molar-refractivity contribution < 1.29 is 9.59 Å². The number of nitrogens with zero attached hydrogens (tertiary/aromatic N) is 4. The largest absolute Gasteiger partial charge is 0.357 e. The molecule has 0 aromatic heterocycles. The Morgan fingerprint density at radius 1 is 1.07 bits per heavy atom. The smallest absolute Gasteiger partial charge is 0.253 e. The Bertz CT molecular complexity index is 700. The van der Waals surface area contributed by atoms with Crippen molar-refractivity contribution in [1.82, 2.24) is 25.3 Å². The minimum atomic E-state index is -0.000747. The van der Waals surface area contributed by atoms with Crippen LogP contribution in [0.25, 0.3) is 0 Å². The number of guanidine groups is 1. The molecule has 1 fully saturated rings. The molecular weight excluding hydrogens is 495 g/mol. The van der Waals surface area contributed by atoms with E-state index in [1.54, 1.807) is 25.9 Å². The van der Waals surface area contributed by atoms with Crippen molar-refractivity contribution in [2.75, 3.05) is 59.9 Å². The van der Waals surface area contributed by atoms with Gasteiger partial charge in [0.25, 0.3) is 5.91 Å². The van der Waals surface area contributed by atoms with Gasteiger partial charge in [0.15, 0.2) is 5.96 Å². The molecule has 1 aromatic carbocycles. The Morgan fingerprint density at radius 2 is 1.70 bits per heavy atom. The van der Waals surface area contributed by atoms with E-state index in [4.69, 9.17) is 0 Å². The topological polar surface area (TPSA) is 80.3 Å². The maximum Gasteiger partial charge on any atom is 0.253 e. The summed E-state index contributed by atoms with van der Waals surface area (Å²) < 4.78 is 0. The van der Waals surface area contributed by atoms with Crippen molar-refractivity contribution in [3.05, 3.63) is 35.4 Å². The van der Waals surface area contributed by atoms with Crippen LogP contribution in [0.5, 0.6) is 0 Å². The maximum atomic E-state index is 12.0. The Hall–Kier alpha value is -1.88. The molecular formula is C21H35IN6O2. The van der Waals surface area contributed by atoms with E-state index in [1.165, 1.54) is 0 Å². The van der Waals surface area contributed by atoms with Crippen LogP contribution in [0.2, 0.25) is 0 Å². The van der Waals surface area contributed by atoms with E-state index in [1.807, 2.05) is 36.1 Å². The van der Waals surface area contributed by atoms with Crippen LogP contribution in [0, 0.1) is 0 Å². The lowest BCUT2D eigenvalue weighted by atomic mass is 10.1. The number of benzene rings is 1. The first kappa shape index (κ1) is 26.2. The van der Waals surface area contributed by atoms with Gasteiger partial charge in [-0.3, -0.25) is 14.5 Å². The molecule has 0 saturated carbocycles. The summed E-state index contributed by atoms with van der Waals surface area (Å²) in [5, 5.41) is 6.64. The Balaban J connectivity index is 0.00000450. The molecule has 2 N–H and O–H groups in total. The van der Waals surface area contributed by atoms with Gasteiger partial charge in [-0.25, -0.2) is 4.99 Å². The lowest BCUT2D eigenvalue weighted by Gasteiger charge is -2.34. The van der Waals surface area contributed by atoms with Crippen LogP contribution in [0.3, 0.4) is 0 Å². The molecule has 168 valence electrons. The number of aliphatic imine (C=N–C) groups is 1. The van der Waals surface area contributed by atoms with Crippen molar-refractivity contribution in [2.24, 2.45) is 4.99 Å². The van der Waals surface area contributed by atoms with Crippen LogP contribution in [0.15, 0.2) is 29.3 Å². The van der Waals surface area contributed by atoms with E-state index >= 15 is 0 Å². The Morgan fingerprint density at radius 3 is 2.23 bits per heavy atom. The zero-order valence-corrected chi connectivity index (χ0v) is 20.8. The lowest BCUT2D eigenvalue weighted by molar-refractivity contribution is -0.130. The van der Waals surface area contributed by atoms with Crippen LogP contribution >= 0.6 is 24.0 Å². The van der Waals surface area contributed by atoms with Gasteiger partial charge in [-0.05, 0) is 24.6 Å². The summed E-state index contributed by atoms with van der Waals surface area (Å²) in [7, 11) is 3.50. The highest BCUT2D eigenvalue weighted by atomic mass is 127. The summed E-state index contributed by atoms with van der Waals surface area (Å²) in [6, 6.07) is 7.57. The van der Waals surface area contributed by atoms with E-state index in [0.717, 1.165) is 57.3 Å². The first-order chi connectivity index (χ1) is 13.9. The fourth-order valence-electron chi connectivity index (χ4n) is 3.14. The summed E-state index contributed by atoms with van der Waals surface area (Å²) in [5.41, 5.74) is 1.73. The summed E-state index contributed by atoms with van der Waals surface area (Å²) in [6.07, 6.45) is 0. The highest BCUT2D eigenvalue weighted by molar-refractivity contribution is 14.0. The zero-order valence-electron chi connectivity index (χ0n) is 18.5. The van der Waals surface area contributed by atoms with Gasteiger partial charge < -0.3 is 20.4 Å². The number of hydrogen-bond donors (Lipinski definition) is 2. The minimum Gasteiger partial charge on any atom is -0.357 e. The van der Waals surface area contributed by atoms with E-state index < -0.39 is 0 Å². The van der Waals surface area contributed by atoms with Crippen molar-refractivity contribution in [3.63, 3.8) is 0 Å². The molecule has 9 heteroatoms. The molecule has 30 heavy (non-hydrogen) atoms. The number of hydrogen-bond acceptors (Lipinski definition) is 4. The molecule has 1 saturated heterocycles. The standard InChI is InChI=1S/C21H34N6O2.HI/c1-5-22-21(23-10-11-26-12-14-27(15-13-26)17(2)28)24-16-18-6-8-19(9-7-18)20(29)25(3)4;/h6-9H,5,10-16H2,1-4H3,(H2,22,23,24);1H. The number of rotatable bonds is 7. The monoisotopic (exact) mass is 530 g/mol. The molecule has 0 atom stereocenters. The molecule has 1 aromatic rings. The summed E-state index contributed by atoms with van der Waals surface area (Å²) >= 11 is 0. The van der Waals surface area contributed by atoms with Crippen LogP contribution in [-0.2, 0) is 11.3 Å². The Kier molecular flexibility index (Phi) is 11.7. The van der Waals surface area contributed by atoms with Crippen molar-refractivity contribution in [2.45, 2.75) is 20.4 Å². The van der Waals surface area contributed by atoms with Crippen LogP contribution in [0.4, 0.5) is 0 Å². The average Bonchev–Trinajstić information content (AvgIpc) is 2.72. The maximum absolute atomic E-state index is 12.0. The third kappa shape index (κ3) is 8.47. The predicted octanol–water partition coefficient (Wildman–Crippen LogP) is 1.23. The average molecular weight is 530 g/mol. The minimum absolute atomic E-state index is 0. The van der Waals surface area contributed by atoms with Gasteiger partial charge in [-0.1, -0.05) is 12.1 Å². The SMILES string of the molecule is CCNC(=NCc1ccc(C(=O)N(C)C)cc1)NCCN1CCN(C(C)=O)CC1.I. The fourth-order valence-corrected chi connectivity index (χ4v) is 3.14. The molecule has 2 rings (SSSR count). The number of nitrogens with one attached hydrogen (secondary N) is 2. The van der Waals surface area contributed by atoms with Gasteiger partial charge in [-0.2, -0.15) is 0 Å². The van der Waals surface area contributed by atoms with Crippen LogP contribution in [0.1, 0.15) is 29.8 Å². The first-order valence-corrected chi connectivity index (χ1v) is 10.2. The predicted molar refractivity (Wildman–Crippen MR) is 131 cm³/mol. The molecule has 0 bridgehead atoms. The second kappa shape index (κ2) is 13.4. The van der Waals surface area contributed by atoms with E-state index in [2.05, 4.69) is 20.5 Å². The molecule has 0 radical (unpaired) electrons. The van der Waals surface area contributed by atoms with Gasteiger partial charge >= 0.3 is 0 Å². The fraction of sp³-hybridized carbons (Fsp3) is 0.571. The normalized spacial score (nSPS) is 14.7. The molecule has 0 spiro atoms. The molecule has 1 heterocycles. The molecule has 8 nitrogen and oxygen atoms in total. The third-order valence-electron chi connectivity index (χ3n) is 4.91. The van der Waals surface area contributed by atoms with E-state index in [0.29, 0.717) is 12.1 Å². The Labute approximate surface area is 197 Å². The number of piperazine rings is 1. The van der Waals surface area contributed by atoms with Gasteiger partial charge in [0.05, 0.1) is 6.54 Å². The molecule has 1 aliphatic heterocycles. The number of carbonyl (C=O) groups is 2. The van der Waals surface area contributed by atoms with Gasteiger partial charge in [-0.15, -0.1) is 24.0 Å². The van der Waals surface area contributed by atoms with Gasteiger partial charge in [0.1, 0.15) is 0 Å². The highest BCUT2D eigenvalue weighted by Crippen LogP contribution is 2.07. The zero-order chi connectivity index (χ0) is 21.2. The summed E-state index contributed by atoms with van der Waals surface area (Å²) in [4.78, 5) is 33.8. The third-order valence-corrected chi connectivity index (χ3v) is 4.91. The molecule has 0 aliphatic carbocycles. The second-order valence-electron chi connectivity index (χ2n) is 7.37. The molecule has 2 amide bonds. The van der Waals surface area contributed by atoms with E-state index in [9.17, 15) is 9.59 Å². The molecule has 1 aliphatic rings. The van der Waals surface area contributed by atoms with Crippen molar-refractivity contribution in [1.29, 1.82) is 0 Å². The second-order valence-corrected chi connectivity index (χ2v) is 7.37. The summed E-state index contributed by atoms with van der Waals surface area (Å²) in [6.45, 7) is 10.1. The van der Waals surface area contributed by atoms with Crippen LogP contribution in [-0.4, -0.2) is 92.4 Å². The summed E-state index contributed by atoms with van der Waals surface area (Å²) in [5.74, 6) is 0.936. The number of carbonyl (C=O) groups excluding carboxylic acids is 2. The van der Waals surface area contributed by atoms with Gasteiger partial charge in [0.2, 0.25) is 5.91 Å². The molecule has 0 unspecified atom stereocenters. The van der Waals surface area contributed by atoms with Gasteiger partial charge in [0, 0.05) is 72.4 Å². The number of halogens is 1. The van der Waals surface area contributed by atoms with Crippen molar-refractivity contribution in [3.8, 4) is 0 Å². The van der Waals surface area contributed by atoms with E-state index in [-0.39, 0.29) is 35.8 Å². The van der Waals surface area contributed by atoms with Crippen LogP contribution < -0.4 is 10.6 Å². The van der Waals surface area contributed by atoms with Crippen molar-refractivity contribution >= 4 is 41.8 Å². The lowest BCUT2D eigenvalue weighted by Crippen LogP contribution is -2.50. The number of amides is 2. The first-order valence-electron chi connectivity index (χ1n) is 10.2. The highest BCUT2D eigenvalue weighted by Gasteiger charge is 2.17.